The van der Waals surface area contributed by atoms with Crippen molar-refractivity contribution in [3.8, 4) is 0 Å². The van der Waals surface area contributed by atoms with E-state index in [1.165, 1.54) is 37.8 Å². The first-order chi connectivity index (χ1) is 8.34. The molecule has 1 aliphatic heterocycles. The van der Waals surface area contributed by atoms with Crippen molar-refractivity contribution >= 4 is 0 Å². The van der Waals surface area contributed by atoms with Gasteiger partial charge in [-0.3, -0.25) is 0 Å². The number of hydrogen-bond donors (Lipinski definition) is 2. The zero-order chi connectivity index (χ0) is 11.9. The maximum Gasteiger partial charge on any atom is 0.0195 e. The van der Waals surface area contributed by atoms with Crippen LogP contribution in [0.2, 0.25) is 0 Å². The molecule has 2 N–H and O–H groups in total. The number of nitrogens with one attached hydrogen (secondary N) is 2. The lowest BCUT2D eigenvalue weighted by Crippen LogP contribution is -2.46. The summed E-state index contributed by atoms with van der Waals surface area (Å²) < 4.78 is 0. The summed E-state index contributed by atoms with van der Waals surface area (Å²) in [5.41, 5.74) is 1.45. The smallest absolute Gasteiger partial charge is 0.0195 e. The molecule has 0 radical (unpaired) electrons. The molecule has 2 nitrogen and oxygen atoms in total. The van der Waals surface area contributed by atoms with Crippen molar-refractivity contribution in [2.75, 3.05) is 13.1 Å². The van der Waals surface area contributed by atoms with Crippen molar-refractivity contribution in [1.82, 2.24) is 10.6 Å². The highest BCUT2D eigenvalue weighted by Crippen LogP contribution is 2.07. The Morgan fingerprint density at radius 1 is 1.35 bits per heavy atom. The average molecular weight is 232 g/mol. The highest BCUT2D eigenvalue weighted by Gasteiger charge is 2.14. The summed E-state index contributed by atoms with van der Waals surface area (Å²) in [6.07, 6.45) is 5.03. The lowest BCUT2D eigenvalue weighted by Gasteiger charge is -2.27. The number of rotatable bonds is 5. The van der Waals surface area contributed by atoms with E-state index < -0.39 is 0 Å². The summed E-state index contributed by atoms with van der Waals surface area (Å²) in [6.45, 7) is 4.63. The monoisotopic (exact) mass is 232 g/mol. The van der Waals surface area contributed by atoms with Gasteiger partial charge in [0, 0.05) is 18.6 Å². The van der Waals surface area contributed by atoms with Crippen molar-refractivity contribution in [1.29, 1.82) is 0 Å². The van der Waals surface area contributed by atoms with Crippen LogP contribution in [0.25, 0.3) is 0 Å². The second kappa shape index (κ2) is 6.77. The quantitative estimate of drug-likeness (QED) is 0.814. The molecule has 2 heteroatoms. The van der Waals surface area contributed by atoms with Gasteiger partial charge in [-0.05, 0) is 44.7 Å². The Bertz CT molecular complexity index is 304. The van der Waals surface area contributed by atoms with E-state index in [-0.39, 0.29) is 0 Å². The van der Waals surface area contributed by atoms with E-state index in [9.17, 15) is 0 Å². The van der Waals surface area contributed by atoms with Gasteiger partial charge in [-0.15, -0.1) is 0 Å². The second-order valence-corrected chi connectivity index (χ2v) is 5.14. The van der Waals surface area contributed by atoms with Gasteiger partial charge < -0.3 is 10.6 Å². The maximum atomic E-state index is 3.73. The molecule has 0 amide bonds. The van der Waals surface area contributed by atoms with Crippen LogP contribution in [0.1, 0.15) is 31.7 Å². The van der Waals surface area contributed by atoms with Crippen LogP contribution < -0.4 is 10.6 Å². The summed E-state index contributed by atoms with van der Waals surface area (Å²) in [5, 5.41) is 7.18. The third-order valence-electron chi connectivity index (χ3n) is 3.53. The van der Waals surface area contributed by atoms with E-state index >= 15 is 0 Å². The van der Waals surface area contributed by atoms with Crippen LogP contribution in [0, 0.1) is 0 Å². The van der Waals surface area contributed by atoms with E-state index in [2.05, 4.69) is 47.9 Å². The number of aryl methyl sites for hydroxylation is 1. The van der Waals surface area contributed by atoms with Crippen LogP contribution in [-0.2, 0) is 6.42 Å². The van der Waals surface area contributed by atoms with Gasteiger partial charge in [-0.25, -0.2) is 0 Å². The van der Waals surface area contributed by atoms with Crippen molar-refractivity contribution in [2.24, 2.45) is 0 Å². The average Bonchev–Trinajstić information content (AvgIpc) is 2.39. The van der Waals surface area contributed by atoms with Crippen LogP contribution >= 0.6 is 0 Å². The molecule has 17 heavy (non-hydrogen) atoms. The minimum Gasteiger partial charge on any atom is -0.315 e. The molecule has 0 bridgehead atoms. The second-order valence-electron chi connectivity index (χ2n) is 5.14. The van der Waals surface area contributed by atoms with Crippen molar-refractivity contribution in [3.05, 3.63) is 35.9 Å². The van der Waals surface area contributed by atoms with E-state index in [1.807, 2.05) is 0 Å². The zero-order valence-corrected chi connectivity index (χ0v) is 10.8. The molecule has 1 aliphatic rings. The minimum absolute atomic E-state index is 0.611. The van der Waals surface area contributed by atoms with E-state index in [0.717, 1.165) is 6.54 Å². The minimum atomic E-state index is 0.611. The third-order valence-corrected chi connectivity index (χ3v) is 3.53. The molecule has 94 valence electrons. The summed E-state index contributed by atoms with van der Waals surface area (Å²) in [6, 6.07) is 12.1. The van der Waals surface area contributed by atoms with Crippen LogP contribution in [0.15, 0.2) is 30.3 Å². The molecule has 1 aromatic rings. The Morgan fingerprint density at radius 2 is 2.18 bits per heavy atom. The number of piperidine rings is 1. The lowest BCUT2D eigenvalue weighted by molar-refractivity contribution is 0.351. The largest absolute Gasteiger partial charge is 0.315 e. The molecule has 1 heterocycles. The zero-order valence-electron chi connectivity index (χ0n) is 10.8. The van der Waals surface area contributed by atoms with Crippen molar-refractivity contribution < 1.29 is 0 Å². The lowest BCUT2D eigenvalue weighted by atomic mass is 10.0. The van der Waals surface area contributed by atoms with E-state index in [4.69, 9.17) is 0 Å². The molecular weight excluding hydrogens is 208 g/mol. The fourth-order valence-electron chi connectivity index (χ4n) is 2.51. The van der Waals surface area contributed by atoms with Gasteiger partial charge in [0.1, 0.15) is 0 Å². The molecule has 1 aromatic carbocycles. The first-order valence-electron chi connectivity index (χ1n) is 6.85. The molecule has 0 aliphatic carbocycles. The number of benzene rings is 1. The van der Waals surface area contributed by atoms with Gasteiger partial charge in [0.15, 0.2) is 0 Å². The van der Waals surface area contributed by atoms with Crippen LogP contribution in [-0.4, -0.2) is 25.2 Å². The van der Waals surface area contributed by atoms with Crippen LogP contribution in [0.3, 0.4) is 0 Å². The summed E-state index contributed by atoms with van der Waals surface area (Å²) in [4.78, 5) is 0. The Balaban J connectivity index is 1.68. The number of hydrogen-bond acceptors (Lipinski definition) is 2. The molecule has 0 spiro atoms. The van der Waals surface area contributed by atoms with Gasteiger partial charge in [0.05, 0.1) is 0 Å². The van der Waals surface area contributed by atoms with Crippen molar-refractivity contribution in [3.63, 3.8) is 0 Å². The molecule has 1 saturated heterocycles. The van der Waals surface area contributed by atoms with Gasteiger partial charge in [-0.2, -0.15) is 0 Å². The molecule has 0 saturated carbocycles. The predicted molar refractivity (Wildman–Crippen MR) is 73.3 cm³/mol. The van der Waals surface area contributed by atoms with Gasteiger partial charge in [0.25, 0.3) is 0 Å². The molecule has 0 aromatic heterocycles. The van der Waals surface area contributed by atoms with Crippen LogP contribution in [0.4, 0.5) is 0 Å². The molecular formula is C15H24N2. The Labute approximate surface area is 105 Å². The summed E-state index contributed by atoms with van der Waals surface area (Å²) >= 11 is 0. The molecule has 2 unspecified atom stereocenters. The highest BCUT2D eigenvalue weighted by atomic mass is 15.0. The predicted octanol–water partition coefficient (Wildman–Crippen LogP) is 2.35. The molecule has 2 atom stereocenters. The standard InChI is InChI=1S/C15H24N2/c1-13(17-15-8-5-11-16-12-15)9-10-14-6-3-2-4-7-14/h2-4,6-7,13,15-17H,5,8-12H2,1H3. The Kier molecular flexibility index (Phi) is 5.02. The van der Waals surface area contributed by atoms with Gasteiger partial charge in [-0.1, -0.05) is 30.3 Å². The summed E-state index contributed by atoms with van der Waals surface area (Å²) in [7, 11) is 0. The SMILES string of the molecule is CC(CCc1ccccc1)NC1CCCNC1. The van der Waals surface area contributed by atoms with Gasteiger partial charge >= 0.3 is 0 Å². The van der Waals surface area contributed by atoms with E-state index in [1.54, 1.807) is 0 Å². The fourth-order valence-corrected chi connectivity index (χ4v) is 2.51. The summed E-state index contributed by atoms with van der Waals surface area (Å²) in [5.74, 6) is 0. The fraction of sp³-hybridized carbons (Fsp3) is 0.600. The topological polar surface area (TPSA) is 24.1 Å². The molecule has 2 rings (SSSR count). The maximum absolute atomic E-state index is 3.73. The Hall–Kier alpha value is -0.860. The molecule has 1 fully saturated rings. The first kappa shape index (κ1) is 12.6. The van der Waals surface area contributed by atoms with Crippen molar-refractivity contribution in [2.45, 2.75) is 44.7 Å². The third kappa shape index (κ3) is 4.49. The van der Waals surface area contributed by atoms with Gasteiger partial charge in [0.2, 0.25) is 0 Å². The van der Waals surface area contributed by atoms with Crippen LogP contribution in [0.5, 0.6) is 0 Å². The Morgan fingerprint density at radius 3 is 2.88 bits per heavy atom. The first-order valence-corrected chi connectivity index (χ1v) is 6.85. The normalized spacial score (nSPS) is 22.3. The van der Waals surface area contributed by atoms with E-state index in [0.29, 0.717) is 12.1 Å². The highest BCUT2D eigenvalue weighted by molar-refractivity contribution is 5.14.